The SMILES string of the molecule is CC(=O)CN.CC(=O)CN/C=C(\C#N)c1ccc(Cl)cc1Cl.CC(=O)Cl.CC=O.CCC(CO)Nc1cc(C)nc2c(-c3ccc(Cl)cc3Cl)c[nH]c12.CCC(N)CO.Cc1[nH]cc(-c2ccc(Cl)cc2Cl)c1N.Cc1cc(Cl)c2[nH]cc(-c3ccc(Cl)cc3Cl)c2n1.N#CC(C=O)c1ccc(Cl)cc1Cl.N#CCc1ccc(Cl)cc1Cl.[2H]B=N. The fraction of sp³-hybridized carbons (Fsp3) is 0.229. The van der Waals surface area contributed by atoms with Crippen LogP contribution in [0.15, 0.2) is 146 Å². The quantitative estimate of drug-likeness (QED) is 0.0175. The fourth-order valence-corrected chi connectivity index (χ4v) is 12.6. The standard InChI is InChI=1S/C18H19Cl2N3O.C14H9Cl3N2.C12H10Cl2N2O.C11H10Cl2N2.C9H5Cl2NO.C8H5Cl2N.C4H11NO.C3H7NO.C2H3ClO.C2H4O.BH2N/c1-3-12(9-24)23-16-6-10(2)22-17-14(8-21-18(16)17)13-5-4-11(19)7-15(13)20;1-7-4-12(17)14-13(19-7)10(6-18-14)9-3-2-8(15)5-11(9)16;1-8(17)6-16-7-9(5-15)11-3-2-10(13)4-12(11)14;1-6-11(14)9(5-15-6)8-3-2-7(12)4-10(8)13;10-7-1-2-8(9(11)3-7)6(4-12)5-13;9-7-2-1-6(3-4-11)8(10)5-7;1-2-4(5)3-6;1-3(5)2-4;1-2(3)4;1-2-3;1-2/h4-8,12,21,24H,3,9H2,1-2H3,(H,22,23);2-6,18H,1H3;2-4,7,16H,6H2,1H3;2-5,15H,14H2,1H3;1-3,5-6H;1-2,5H,3H2;4,6H,2-3,5H2,1H3;2,4H2,1H3;1H3;2H,1H3;1-2H/b;;9-7+;;;;;;;;/i;;;;;;;;;;1D. The van der Waals surface area contributed by atoms with Crippen LogP contribution in [0.5, 0.6) is 0 Å². The Kier molecular flexibility index (Phi) is 52.6. The molecule has 0 aliphatic rings. The molecule has 11 aromatic rings. The number of fused-ring (bicyclic) bond motifs is 2. The molecule has 14 N–H and O–H groups in total. The number of anilines is 2. The van der Waals surface area contributed by atoms with Gasteiger partial charge in [0.25, 0.3) is 0 Å². The molecule has 5 aromatic heterocycles. The molecule has 6 aromatic carbocycles. The Morgan fingerprint density at radius 3 is 1.39 bits per heavy atom. The van der Waals surface area contributed by atoms with Crippen molar-refractivity contribution in [3.05, 3.63) is 245 Å². The van der Waals surface area contributed by atoms with E-state index in [9.17, 15) is 24.3 Å². The number of hydrogen-bond donors (Lipinski definition) is 11. The van der Waals surface area contributed by atoms with Gasteiger partial charge in [-0.1, -0.05) is 201 Å². The monoisotopic (exact) mass is 1890 g/mol. The molecule has 0 saturated carbocycles. The molecule has 36 heteroatoms. The number of nitrogens with one attached hydrogen (secondary N) is 6. The van der Waals surface area contributed by atoms with E-state index < -0.39 is 5.92 Å². The van der Waals surface area contributed by atoms with Crippen LogP contribution in [0.4, 0.5) is 11.4 Å². The van der Waals surface area contributed by atoms with Crippen molar-refractivity contribution in [3.63, 3.8) is 0 Å². The molecule has 5 heterocycles. The van der Waals surface area contributed by atoms with Crippen LogP contribution in [0.1, 0.15) is 94.1 Å². The molecule has 0 fully saturated rings. The zero-order chi connectivity index (χ0) is 91.1. The summed E-state index contributed by atoms with van der Waals surface area (Å²) in [5.74, 6) is -0.796. The van der Waals surface area contributed by atoms with E-state index in [0.29, 0.717) is 102 Å². The van der Waals surface area contributed by atoms with Gasteiger partial charge in [-0.3, -0.25) is 24.4 Å². The third-order valence-corrected chi connectivity index (χ3v) is 18.8. The first-order valence-electron chi connectivity index (χ1n) is 35.6. The Morgan fingerprint density at radius 2 is 1.02 bits per heavy atom. The molecule has 21 nitrogen and oxygen atoms in total. The van der Waals surface area contributed by atoms with Gasteiger partial charge in [0.05, 0.1) is 109 Å². The second kappa shape index (κ2) is 58.6. The number of aldehydes is 2. The number of carbonyl (C=O) groups is 5. The second-order valence-electron chi connectivity index (χ2n) is 24.3. The minimum absolute atomic E-state index is 0.000805. The number of pyridine rings is 2. The van der Waals surface area contributed by atoms with Crippen LogP contribution in [0.2, 0.25) is 65.3 Å². The van der Waals surface area contributed by atoms with Crippen molar-refractivity contribution in [1.29, 1.82) is 22.4 Å². The van der Waals surface area contributed by atoms with Crippen molar-refractivity contribution in [2.75, 3.05) is 37.4 Å². The fourth-order valence-electron chi connectivity index (χ4n) is 9.29. The molecular weight excluding hydrogens is 1810 g/mol. The Morgan fingerprint density at radius 1 is 0.597 bits per heavy atom. The van der Waals surface area contributed by atoms with Gasteiger partial charge < -0.3 is 62.6 Å². The average molecular weight is 1900 g/mol. The van der Waals surface area contributed by atoms with E-state index in [2.05, 4.69) is 47.2 Å². The number of aliphatic hydroxyl groups excluding tert-OH is 2. The average Bonchev–Trinajstić information content (AvgIpc) is 1.63. The summed E-state index contributed by atoms with van der Waals surface area (Å²) in [6.45, 7) is 15.9. The van der Waals surface area contributed by atoms with Gasteiger partial charge in [-0.2, -0.15) is 15.8 Å². The number of ketones is 2. The van der Waals surface area contributed by atoms with Crippen LogP contribution in [0.3, 0.4) is 0 Å². The molecule has 11 rings (SSSR count). The van der Waals surface area contributed by atoms with Crippen molar-refractivity contribution in [2.45, 2.75) is 99.6 Å². The number of aryl methyl sites for hydroxylation is 3. The van der Waals surface area contributed by atoms with Gasteiger partial charge >= 0.3 is 14.3 Å². The summed E-state index contributed by atoms with van der Waals surface area (Å²) in [5, 5.41) is 62.3. The van der Waals surface area contributed by atoms with Gasteiger partial charge in [-0.15, -0.1) is 0 Å². The number of nitrogen functional groups attached to an aromatic ring is 1. The summed E-state index contributed by atoms with van der Waals surface area (Å²) in [6.07, 6.45) is 10.4. The van der Waals surface area contributed by atoms with E-state index in [1.807, 2.05) is 108 Å². The van der Waals surface area contributed by atoms with E-state index >= 15 is 0 Å². The Balaban J connectivity index is 0.000000694. The Labute approximate surface area is 763 Å². The predicted octanol–water partition coefficient (Wildman–Crippen LogP) is 23.2. The maximum absolute atomic E-state index is 10.7. The molecule has 630 valence electrons. The Bertz CT molecular complexity index is 5350. The van der Waals surface area contributed by atoms with E-state index in [1.54, 1.807) is 78.9 Å². The summed E-state index contributed by atoms with van der Waals surface area (Å²) >= 11 is 81.9. The van der Waals surface area contributed by atoms with Gasteiger partial charge in [0.2, 0.25) is 5.24 Å². The number of H-pyrrole nitrogens is 3. The third kappa shape index (κ3) is 38.5. The first-order valence-corrected chi connectivity index (χ1v) is 40.3. The van der Waals surface area contributed by atoms with Crippen molar-refractivity contribution in [1.82, 2.24) is 30.2 Å². The summed E-state index contributed by atoms with van der Waals surface area (Å²) in [5.41, 5.74) is 31.3. The molecule has 0 bridgehead atoms. The van der Waals surface area contributed by atoms with Crippen LogP contribution in [-0.2, 0) is 30.4 Å². The molecule has 0 amide bonds. The summed E-state index contributed by atoms with van der Waals surface area (Å²) < 4.78 is 5.75. The predicted molar refractivity (Wildman–Crippen MR) is 496 cm³/mol. The van der Waals surface area contributed by atoms with E-state index in [-0.39, 0.29) is 55.2 Å². The van der Waals surface area contributed by atoms with Gasteiger partial charge in [0.15, 0.2) is 0 Å². The zero-order valence-corrected chi connectivity index (χ0v) is 76.0. The summed E-state index contributed by atoms with van der Waals surface area (Å²) in [6, 6.07) is 40.5. The number of halogens is 14. The molecule has 0 aliphatic carbocycles. The normalized spacial score (nSPS) is 10.8. The molecule has 3 unspecified atom stereocenters. The number of aromatic amines is 3. The summed E-state index contributed by atoms with van der Waals surface area (Å²) in [4.78, 5) is 67.6. The van der Waals surface area contributed by atoms with Crippen LogP contribution in [0, 0.1) is 60.1 Å². The van der Waals surface area contributed by atoms with Gasteiger partial charge in [-0.25, -0.2) is 0 Å². The first-order chi connectivity index (χ1) is 56.8. The topological polar surface area (TPSA) is 396 Å². The van der Waals surface area contributed by atoms with E-state index in [1.165, 1.54) is 40.0 Å². The number of Topliss-reactive ketones (excluding diaryl/α,β-unsaturated/α-hetero) is 2. The second-order valence-corrected chi connectivity index (χ2v) is 30.3. The van der Waals surface area contributed by atoms with Gasteiger partial charge in [0, 0.05) is 140 Å². The third-order valence-electron chi connectivity index (χ3n) is 15.2. The van der Waals surface area contributed by atoms with E-state index in [0.717, 1.165) is 109 Å². The molecule has 3 atom stereocenters. The molecule has 119 heavy (non-hydrogen) atoms. The van der Waals surface area contributed by atoms with Crippen molar-refractivity contribution in [2.24, 2.45) is 11.5 Å². The number of rotatable bonds is 17. The zero-order valence-electron chi connectivity index (χ0n) is 66.5. The number of benzene rings is 6. The van der Waals surface area contributed by atoms with Crippen LogP contribution < -0.4 is 27.8 Å². The molecule has 0 saturated heterocycles. The van der Waals surface area contributed by atoms with Crippen LogP contribution in [0.25, 0.3) is 61.0 Å². The number of allylic oxidation sites excluding steroid dienone is 1. The van der Waals surface area contributed by atoms with Gasteiger partial charge in [0.1, 0.15) is 36.1 Å². The number of nitriles is 3. The van der Waals surface area contributed by atoms with Crippen molar-refractivity contribution < 1.29 is 34.2 Å². The molecule has 0 radical (unpaired) electrons. The number of nitrogens with zero attached hydrogens (tertiary/aromatic N) is 5. The molecule has 0 spiro atoms. The number of nitrogens with two attached hydrogens (primary N) is 3. The van der Waals surface area contributed by atoms with Crippen LogP contribution >= 0.6 is 162 Å². The number of aliphatic hydroxyl groups is 2. The number of aromatic nitrogens is 5. The number of hydrogen-bond acceptors (Lipinski definition) is 18. The number of carbonyl (C=O) groups excluding carboxylic acids is 5. The Hall–Kier alpha value is -8.30. The van der Waals surface area contributed by atoms with Crippen molar-refractivity contribution in [3.8, 4) is 51.6 Å². The van der Waals surface area contributed by atoms with E-state index in [4.69, 9.17) is 200 Å². The van der Waals surface area contributed by atoms with Crippen molar-refractivity contribution >= 4 is 238 Å². The molecule has 0 aliphatic heterocycles. The van der Waals surface area contributed by atoms with Gasteiger partial charge in [-0.05, 0) is 162 Å². The minimum atomic E-state index is -0.815. The molecular formula is C83H85BCl14N14O7. The van der Waals surface area contributed by atoms with Crippen LogP contribution in [-0.4, -0.2) is 112 Å². The summed E-state index contributed by atoms with van der Waals surface area (Å²) in [7, 11) is 0.500. The maximum atomic E-state index is 10.7. The first kappa shape index (κ1) is 107.